The van der Waals surface area contributed by atoms with Gasteiger partial charge in [-0.1, -0.05) is 0 Å². The molecule has 0 aliphatic rings. The van der Waals surface area contributed by atoms with Crippen molar-refractivity contribution in [3.63, 3.8) is 0 Å². The first-order chi connectivity index (χ1) is 8.99. The van der Waals surface area contributed by atoms with E-state index in [1.54, 1.807) is 11.6 Å². The van der Waals surface area contributed by atoms with Gasteiger partial charge in [0, 0.05) is 17.8 Å². The van der Waals surface area contributed by atoms with Crippen LogP contribution in [0, 0.1) is 13.8 Å². The van der Waals surface area contributed by atoms with E-state index in [1.807, 2.05) is 25.8 Å². The molecule has 0 bridgehead atoms. The Hall–Kier alpha value is -1.40. The number of rotatable bonds is 7. The Morgan fingerprint density at radius 1 is 1.47 bits per heavy atom. The van der Waals surface area contributed by atoms with E-state index >= 15 is 0 Å². The van der Waals surface area contributed by atoms with Crippen molar-refractivity contribution in [3.05, 3.63) is 17.0 Å². The first-order valence-corrected chi connectivity index (χ1v) is 6.47. The number of aromatic nitrogens is 2. The molecule has 0 radical (unpaired) electrons. The third kappa shape index (κ3) is 4.33. The number of aryl methyl sites for hydroxylation is 1. The minimum absolute atomic E-state index is 0.0695. The Balaban J connectivity index is 2.68. The number of likely N-dealkylation sites (N-methyl/N-ethyl adjacent to an activating group) is 1. The van der Waals surface area contributed by atoms with Gasteiger partial charge in [-0.25, -0.2) is 0 Å². The van der Waals surface area contributed by atoms with E-state index in [1.165, 1.54) is 0 Å². The van der Waals surface area contributed by atoms with Gasteiger partial charge >= 0.3 is 5.97 Å². The van der Waals surface area contributed by atoms with Crippen LogP contribution in [0.4, 0.5) is 0 Å². The maximum absolute atomic E-state index is 11.4. The van der Waals surface area contributed by atoms with Crippen molar-refractivity contribution in [3.8, 4) is 0 Å². The van der Waals surface area contributed by atoms with Gasteiger partial charge in [-0.2, -0.15) is 5.10 Å². The second kappa shape index (κ2) is 7.25. The molecule has 0 saturated carbocycles. The fourth-order valence-corrected chi connectivity index (χ4v) is 2.03. The molecule has 6 heteroatoms. The zero-order valence-electron chi connectivity index (χ0n) is 12.1. The van der Waals surface area contributed by atoms with Crippen LogP contribution in [-0.4, -0.2) is 52.6 Å². The maximum Gasteiger partial charge on any atom is 0.320 e. The maximum atomic E-state index is 11.4. The van der Waals surface area contributed by atoms with Gasteiger partial charge in [0.15, 0.2) is 0 Å². The van der Waals surface area contributed by atoms with Crippen LogP contribution >= 0.6 is 0 Å². The number of hydrogen-bond acceptors (Lipinski definition) is 5. The van der Waals surface area contributed by atoms with E-state index in [9.17, 15) is 4.79 Å². The lowest BCUT2D eigenvalue weighted by Crippen LogP contribution is -2.27. The molecule has 0 unspecified atom stereocenters. The van der Waals surface area contributed by atoms with Crippen LogP contribution in [0.15, 0.2) is 0 Å². The average Bonchev–Trinajstić information content (AvgIpc) is 2.58. The summed E-state index contributed by atoms with van der Waals surface area (Å²) in [7, 11) is 1.87. The minimum atomic E-state index is -0.219. The smallest absolute Gasteiger partial charge is 0.320 e. The molecule has 1 N–H and O–H groups in total. The third-order valence-corrected chi connectivity index (χ3v) is 2.98. The summed E-state index contributed by atoms with van der Waals surface area (Å²) in [6.45, 7) is 7.58. The highest BCUT2D eigenvalue weighted by Gasteiger charge is 2.15. The fraction of sp³-hybridized carbons (Fsp3) is 0.692. The van der Waals surface area contributed by atoms with Crippen molar-refractivity contribution in [2.75, 3.05) is 26.8 Å². The first kappa shape index (κ1) is 15.7. The lowest BCUT2D eigenvalue weighted by molar-refractivity contribution is -0.144. The van der Waals surface area contributed by atoms with Gasteiger partial charge in [0.05, 0.1) is 32.0 Å². The largest absolute Gasteiger partial charge is 0.465 e. The highest BCUT2D eigenvalue weighted by atomic mass is 16.5. The van der Waals surface area contributed by atoms with E-state index in [-0.39, 0.29) is 19.1 Å². The van der Waals surface area contributed by atoms with E-state index in [4.69, 9.17) is 9.84 Å². The van der Waals surface area contributed by atoms with E-state index in [0.29, 0.717) is 19.7 Å². The molecule has 1 aromatic heterocycles. The standard InChI is InChI=1S/C13H23N3O3/c1-5-19-13(18)9-15(4)8-12-10(2)14-16(6-7-17)11(12)3/h17H,5-9H2,1-4H3. The fourth-order valence-electron chi connectivity index (χ4n) is 2.03. The number of carbonyl (C=O) groups is 1. The highest BCUT2D eigenvalue weighted by Crippen LogP contribution is 2.14. The Morgan fingerprint density at radius 2 is 2.16 bits per heavy atom. The summed E-state index contributed by atoms with van der Waals surface area (Å²) in [5, 5.41) is 13.4. The summed E-state index contributed by atoms with van der Waals surface area (Å²) in [6.07, 6.45) is 0. The summed E-state index contributed by atoms with van der Waals surface area (Å²) >= 11 is 0. The topological polar surface area (TPSA) is 67.6 Å². The Labute approximate surface area is 114 Å². The quantitative estimate of drug-likeness (QED) is 0.730. The van der Waals surface area contributed by atoms with Crippen molar-refractivity contribution in [2.45, 2.75) is 33.9 Å². The third-order valence-electron chi connectivity index (χ3n) is 2.98. The van der Waals surface area contributed by atoms with Gasteiger partial charge in [-0.15, -0.1) is 0 Å². The van der Waals surface area contributed by atoms with Crippen LogP contribution in [0.1, 0.15) is 23.9 Å². The normalized spacial score (nSPS) is 11.1. The molecule has 0 amide bonds. The Bertz CT molecular complexity index is 429. The van der Waals surface area contributed by atoms with Crippen LogP contribution in [0.3, 0.4) is 0 Å². The number of carbonyl (C=O) groups excluding carboxylic acids is 1. The number of aliphatic hydroxyl groups excluding tert-OH is 1. The molecule has 0 fully saturated rings. The van der Waals surface area contributed by atoms with Crippen molar-refractivity contribution in [1.82, 2.24) is 14.7 Å². The van der Waals surface area contributed by atoms with E-state index in [0.717, 1.165) is 17.0 Å². The van der Waals surface area contributed by atoms with E-state index < -0.39 is 0 Å². The van der Waals surface area contributed by atoms with Gasteiger partial charge in [0.1, 0.15) is 0 Å². The summed E-state index contributed by atoms with van der Waals surface area (Å²) in [4.78, 5) is 13.3. The van der Waals surface area contributed by atoms with Gasteiger partial charge < -0.3 is 9.84 Å². The second-order valence-electron chi connectivity index (χ2n) is 4.57. The molecule has 1 heterocycles. The molecule has 0 spiro atoms. The van der Waals surface area contributed by atoms with Gasteiger partial charge in [-0.05, 0) is 27.8 Å². The summed E-state index contributed by atoms with van der Waals surface area (Å²) < 4.78 is 6.71. The predicted octanol–water partition coefficient (Wildman–Crippen LogP) is 0.487. The number of nitrogens with zero attached hydrogens (tertiary/aromatic N) is 3. The number of ether oxygens (including phenoxy) is 1. The van der Waals surface area contributed by atoms with Crippen molar-refractivity contribution in [1.29, 1.82) is 0 Å². The summed E-state index contributed by atoms with van der Waals surface area (Å²) in [6, 6.07) is 0. The molecule has 1 rings (SSSR count). The van der Waals surface area contributed by atoms with Gasteiger partial charge in [-0.3, -0.25) is 14.4 Å². The molecule has 6 nitrogen and oxygen atoms in total. The SMILES string of the molecule is CCOC(=O)CN(C)Cc1c(C)nn(CCO)c1C. The van der Waals surface area contributed by atoms with E-state index in [2.05, 4.69) is 5.10 Å². The van der Waals surface area contributed by atoms with Crippen molar-refractivity contribution < 1.29 is 14.6 Å². The molecular formula is C13H23N3O3. The van der Waals surface area contributed by atoms with Gasteiger partial charge in [0.2, 0.25) is 0 Å². The lowest BCUT2D eigenvalue weighted by Gasteiger charge is -2.15. The molecular weight excluding hydrogens is 246 g/mol. The monoisotopic (exact) mass is 269 g/mol. The van der Waals surface area contributed by atoms with Crippen molar-refractivity contribution >= 4 is 5.97 Å². The minimum Gasteiger partial charge on any atom is -0.465 e. The molecule has 108 valence electrons. The zero-order chi connectivity index (χ0) is 14.4. The molecule has 0 saturated heterocycles. The van der Waals surface area contributed by atoms with Crippen LogP contribution in [0.25, 0.3) is 0 Å². The molecule has 0 aromatic carbocycles. The van der Waals surface area contributed by atoms with Crippen LogP contribution < -0.4 is 0 Å². The molecule has 0 aliphatic carbocycles. The molecule has 0 atom stereocenters. The summed E-state index contributed by atoms with van der Waals surface area (Å²) in [5.41, 5.74) is 3.06. The predicted molar refractivity (Wildman–Crippen MR) is 71.8 cm³/mol. The second-order valence-corrected chi connectivity index (χ2v) is 4.57. The molecule has 19 heavy (non-hydrogen) atoms. The number of hydrogen-bond donors (Lipinski definition) is 1. The first-order valence-electron chi connectivity index (χ1n) is 6.47. The Kier molecular flexibility index (Phi) is 5.98. The average molecular weight is 269 g/mol. The van der Waals surface area contributed by atoms with Gasteiger partial charge in [0.25, 0.3) is 0 Å². The summed E-state index contributed by atoms with van der Waals surface area (Å²) in [5.74, 6) is -0.219. The lowest BCUT2D eigenvalue weighted by atomic mass is 10.2. The number of esters is 1. The zero-order valence-corrected chi connectivity index (χ0v) is 12.1. The van der Waals surface area contributed by atoms with Crippen LogP contribution in [-0.2, 0) is 22.6 Å². The number of aliphatic hydroxyl groups is 1. The van der Waals surface area contributed by atoms with Crippen molar-refractivity contribution in [2.24, 2.45) is 0 Å². The highest BCUT2D eigenvalue weighted by molar-refractivity contribution is 5.71. The van der Waals surface area contributed by atoms with Crippen LogP contribution in [0.2, 0.25) is 0 Å². The van der Waals surface area contributed by atoms with Crippen LogP contribution in [0.5, 0.6) is 0 Å². The Morgan fingerprint density at radius 3 is 2.74 bits per heavy atom. The molecule has 1 aromatic rings. The molecule has 0 aliphatic heterocycles.